The molecule has 1 aromatic carbocycles. The van der Waals surface area contributed by atoms with Crippen molar-refractivity contribution in [1.29, 1.82) is 0 Å². The number of anilines is 2. The van der Waals surface area contributed by atoms with Crippen LogP contribution < -0.4 is 10.2 Å². The number of nitro benzene ring substituents is 1. The van der Waals surface area contributed by atoms with E-state index in [0.717, 1.165) is 0 Å². The molecule has 6 nitrogen and oxygen atoms in total. The molecule has 20 heavy (non-hydrogen) atoms. The average molecular weight is 281 g/mol. The number of methoxy groups -OCH3 is 1. The first-order valence-corrected chi connectivity index (χ1v) is 6.83. The highest BCUT2D eigenvalue weighted by molar-refractivity contribution is 5.77. The monoisotopic (exact) mass is 281 g/mol. The molecule has 1 N–H and O–H groups in total. The number of benzene rings is 1. The van der Waals surface area contributed by atoms with Gasteiger partial charge in [0.25, 0.3) is 0 Å². The van der Waals surface area contributed by atoms with E-state index >= 15 is 0 Å². The lowest BCUT2D eigenvalue weighted by molar-refractivity contribution is -0.383. The fourth-order valence-electron chi connectivity index (χ4n) is 2.34. The summed E-state index contributed by atoms with van der Waals surface area (Å²) in [6.45, 7) is 7.75. The van der Waals surface area contributed by atoms with Gasteiger partial charge in [-0.25, -0.2) is 0 Å². The van der Waals surface area contributed by atoms with E-state index in [2.05, 4.69) is 5.32 Å². The Morgan fingerprint density at radius 3 is 2.65 bits per heavy atom. The van der Waals surface area contributed by atoms with Gasteiger partial charge < -0.3 is 15.0 Å². The van der Waals surface area contributed by atoms with E-state index < -0.39 is 0 Å². The smallest absolute Gasteiger partial charge is 0.315 e. The van der Waals surface area contributed by atoms with Crippen molar-refractivity contribution in [2.45, 2.75) is 26.8 Å². The third-order valence-electron chi connectivity index (χ3n) is 3.15. The summed E-state index contributed by atoms with van der Waals surface area (Å²) < 4.78 is 5.16. The molecule has 1 unspecified atom stereocenters. The van der Waals surface area contributed by atoms with Gasteiger partial charge in [0.1, 0.15) is 11.4 Å². The van der Waals surface area contributed by atoms with E-state index in [9.17, 15) is 10.1 Å². The number of nitro groups is 1. The topological polar surface area (TPSA) is 67.6 Å². The van der Waals surface area contributed by atoms with E-state index in [-0.39, 0.29) is 16.7 Å². The SMILES string of the molecule is CCNc1cccc(N(CC)C(C)COC)c1[N+](=O)[O-]. The Morgan fingerprint density at radius 1 is 1.45 bits per heavy atom. The second-order valence-electron chi connectivity index (χ2n) is 4.55. The lowest BCUT2D eigenvalue weighted by Crippen LogP contribution is -2.36. The minimum absolute atomic E-state index is 0.0700. The summed E-state index contributed by atoms with van der Waals surface area (Å²) in [6, 6.07) is 5.43. The highest BCUT2D eigenvalue weighted by atomic mass is 16.6. The number of nitrogens with zero attached hydrogens (tertiary/aromatic N) is 2. The van der Waals surface area contributed by atoms with E-state index in [4.69, 9.17) is 4.74 Å². The van der Waals surface area contributed by atoms with Gasteiger partial charge in [0.2, 0.25) is 0 Å². The maximum Gasteiger partial charge on any atom is 0.315 e. The third kappa shape index (κ3) is 3.60. The van der Waals surface area contributed by atoms with Crippen LogP contribution >= 0.6 is 0 Å². The molecule has 0 heterocycles. The summed E-state index contributed by atoms with van der Waals surface area (Å²) >= 11 is 0. The van der Waals surface area contributed by atoms with Crippen LogP contribution in [-0.4, -0.2) is 37.8 Å². The maximum absolute atomic E-state index is 11.4. The highest BCUT2D eigenvalue weighted by Crippen LogP contribution is 2.36. The van der Waals surface area contributed by atoms with Crippen LogP contribution in [0.1, 0.15) is 20.8 Å². The van der Waals surface area contributed by atoms with Crippen LogP contribution in [0, 0.1) is 10.1 Å². The summed E-state index contributed by atoms with van der Waals surface area (Å²) in [5.41, 5.74) is 1.30. The fourth-order valence-corrected chi connectivity index (χ4v) is 2.34. The van der Waals surface area contributed by atoms with Gasteiger partial charge in [-0.15, -0.1) is 0 Å². The predicted molar refractivity (Wildman–Crippen MR) is 81.6 cm³/mol. The maximum atomic E-state index is 11.4. The van der Waals surface area contributed by atoms with Crippen molar-refractivity contribution in [1.82, 2.24) is 0 Å². The van der Waals surface area contributed by atoms with E-state index in [1.165, 1.54) is 0 Å². The van der Waals surface area contributed by atoms with Gasteiger partial charge in [0.05, 0.1) is 11.5 Å². The number of ether oxygens (including phenoxy) is 1. The molecule has 0 aliphatic heterocycles. The van der Waals surface area contributed by atoms with E-state index in [1.807, 2.05) is 31.7 Å². The molecular formula is C14H23N3O3. The molecule has 6 heteroatoms. The first-order valence-electron chi connectivity index (χ1n) is 6.83. The number of para-hydroxylation sites is 1. The Balaban J connectivity index is 3.26. The van der Waals surface area contributed by atoms with Crippen molar-refractivity contribution in [3.63, 3.8) is 0 Å². The van der Waals surface area contributed by atoms with Crippen LogP contribution in [-0.2, 0) is 4.74 Å². The molecule has 0 spiro atoms. The second kappa shape index (κ2) is 7.69. The molecule has 0 saturated heterocycles. The van der Waals surface area contributed by atoms with Crippen molar-refractivity contribution in [2.24, 2.45) is 0 Å². The first kappa shape index (κ1) is 16.2. The number of rotatable bonds is 8. The molecule has 0 aliphatic rings. The van der Waals surface area contributed by atoms with E-state index in [1.54, 1.807) is 19.2 Å². The van der Waals surface area contributed by atoms with Crippen LogP contribution in [0.15, 0.2) is 18.2 Å². The van der Waals surface area contributed by atoms with Crippen molar-refractivity contribution in [2.75, 3.05) is 37.0 Å². The lowest BCUT2D eigenvalue weighted by Gasteiger charge is -2.29. The van der Waals surface area contributed by atoms with Crippen molar-refractivity contribution < 1.29 is 9.66 Å². The molecule has 0 aliphatic carbocycles. The Kier molecular flexibility index (Phi) is 6.24. The molecule has 0 fully saturated rings. The molecule has 0 bridgehead atoms. The third-order valence-corrected chi connectivity index (χ3v) is 3.15. The van der Waals surface area contributed by atoms with Gasteiger partial charge in [-0.05, 0) is 32.9 Å². The quantitative estimate of drug-likeness (QED) is 0.586. The molecule has 1 atom stereocenters. The van der Waals surface area contributed by atoms with Gasteiger partial charge in [-0.3, -0.25) is 10.1 Å². The van der Waals surface area contributed by atoms with Gasteiger partial charge >= 0.3 is 5.69 Å². The normalized spacial score (nSPS) is 12.0. The van der Waals surface area contributed by atoms with Crippen LogP contribution in [0.2, 0.25) is 0 Å². The number of hydrogen-bond donors (Lipinski definition) is 1. The van der Waals surface area contributed by atoms with Crippen molar-refractivity contribution >= 4 is 17.1 Å². The Bertz CT molecular complexity index is 451. The minimum atomic E-state index is -0.324. The summed E-state index contributed by atoms with van der Waals surface area (Å²) in [4.78, 5) is 13.1. The molecule has 0 aromatic heterocycles. The van der Waals surface area contributed by atoms with Gasteiger partial charge in [0.15, 0.2) is 0 Å². The first-order chi connectivity index (χ1) is 9.56. The molecule has 0 saturated carbocycles. The molecular weight excluding hydrogens is 258 g/mol. The zero-order valence-electron chi connectivity index (χ0n) is 12.5. The van der Waals surface area contributed by atoms with Crippen molar-refractivity contribution in [3.05, 3.63) is 28.3 Å². The largest absolute Gasteiger partial charge is 0.383 e. The summed E-state index contributed by atoms with van der Waals surface area (Å²) in [7, 11) is 1.63. The van der Waals surface area contributed by atoms with Gasteiger partial charge in [-0.1, -0.05) is 6.07 Å². The highest BCUT2D eigenvalue weighted by Gasteiger charge is 2.25. The molecule has 0 radical (unpaired) electrons. The molecule has 112 valence electrons. The minimum Gasteiger partial charge on any atom is -0.383 e. The number of nitrogens with one attached hydrogen (secondary N) is 1. The van der Waals surface area contributed by atoms with Crippen LogP contribution in [0.25, 0.3) is 0 Å². The van der Waals surface area contributed by atoms with Crippen LogP contribution in [0.5, 0.6) is 0 Å². The van der Waals surface area contributed by atoms with Gasteiger partial charge in [0, 0.05) is 26.2 Å². The van der Waals surface area contributed by atoms with E-state index in [0.29, 0.717) is 31.1 Å². The predicted octanol–water partition coefficient (Wildman–Crippen LogP) is 2.89. The summed E-state index contributed by atoms with van der Waals surface area (Å²) in [5, 5.41) is 14.5. The average Bonchev–Trinajstić information content (AvgIpc) is 2.40. The summed E-state index contributed by atoms with van der Waals surface area (Å²) in [6.07, 6.45) is 0. The van der Waals surface area contributed by atoms with Crippen LogP contribution in [0.4, 0.5) is 17.1 Å². The fraction of sp³-hybridized carbons (Fsp3) is 0.571. The summed E-state index contributed by atoms with van der Waals surface area (Å²) in [5.74, 6) is 0. The molecule has 1 rings (SSSR count). The second-order valence-corrected chi connectivity index (χ2v) is 4.55. The van der Waals surface area contributed by atoms with Crippen LogP contribution in [0.3, 0.4) is 0 Å². The number of hydrogen-bond acceptors (Lipinski definition) is 5. The van der Waals surface area contributed by atoms with Gasteiger partial charge in [-0.2, -0.15) is 0 Å². The number of likely N-dealkylation sites (N-methyl/N-ethyl adjacent to an activating group) is 1. The Hall–Kier alpha value is -1.82. The molecule has 1 aromatic rings. The Morgan fingerprint density at radius 2 is 2.15 bits per heavy atom. The lowest BCUT2D eigenvalue weighted by atomic mass is 10.1. The van der Waals surface area contributed by atoms with Crippen molar-refractivity contribution in [3.8, 4) is 0 Å². The molecule has 0 amide bonds. The Labute approximate surface area is 119 Å². The standard InChI is InChI=1S/C14H23N3O3/c1-5-15-12-8-7-9-13(14(12)17(18)19)16(6-2)11(3)10-20-4/h7-9,11,15H,5-6,10H2,1-4H3. The zero-order chi connectivity index (χ0) is 15.1. The zero-order valence-corrected chi connectivity index (χ0v) is 12.5.